The molecule has 4 N–H and O–H groups in total. The summed E-state index contributed by atoms with van der Waals surface area (Å²) in [5.41, 5.74) is 0. The number of benzene rings is 1. The van der Waals surface area contributed by atoms with Crippen LogP contribution in [0, 0.1) is 0 Å². The lowest BCUT2D eigenvalue weighted by atomic mass is 10.3. The molecule has 0 unspecified atom stereocenters. The van der Waals surface area contributed by atoms with Crippen LogP contribution in [-0.2, 0) is 20.0 Å². The largest absolute Gasteiger partial charge is 0.495 e. The first kappa shape index (κ1) is 14.7. The maximum Gasteiger partial charge on any atom is 0.241 e. The summed E-state index contributed by atoms with van der Waals surface area (Å²) in [5, 5.41) is 9.94. The number of methoxy groups -OCH3 is 2. The molecule has 0 saturated heterocycles. The summed E-state index contributed by atoms with van der Waals surface area (Å²) in [4.78, 5) is -0.788. The third-order valence-electron chi connectivity index (χ3n) is 2.06. The second kappa shape index (κ2) is 4.72. The van der Waals surface area contributed by atoms with E-state index in [0.29, 0.717) is 0 Å². The zero-order valence-corrected chi connectivity index (χ0v) is 11.2. The van der Waals surface area contributed by atoms with Crippen LogP contribution in [0.2, 0.25) is 0 Å². The van der Waals surface area contributed by atoms with Crippen LogP contribution in [0.25, 0.3) is 0 Å². The highest BCUT2D eigenvalue weighted by molar-refractivity contribution is 7.89. The molecule has 0 aliphatic carbocycles. The van der Waals surface area contributed by atoms with Gasteiger partial charge in [0.2, 0.25) is 20.0 Å². The standard InChI is InChI=1S/C8H12N2O6S2/c1-15-5-3-8(18(10,13)14)6(16-2)4-7(5)17(9,11)12/h3-4H,1-2H3,(H2,9,11,12)(H2,10,13,14). The van der Waals surface area contributed by atoms with Gasteiger partial charge >= 0.3 is 0 Å². The van der Waals surface area contributed by atoms with E-state index in [0.717, 1.165) is 12.1 Å². The Morgan fingerprint density at radius 1 is 0.833 bits per heavy atom. The maximum atomic E-state index is 11.3. The quantitative estimate of drug-likeness (QED) is 0.730. The highest BCUT2D eigenvalue weighted by Crippen LogP contribution is 2.33. The Morgan fingerprint density at radius 2 is 1.11 bits per heavy atom. The molecule has 0 amide bonds. The van der Waals surface area contributed by atoms with E-state index in [-0.39, 0.29) is 11.5 Å². The molecule has 0 atom stereocenters. The molecule has 0 aliphatic heterocycles. The minimum absolute atomic E-state index is 0.234. The lowest BCUT2D eigenvalue weighted by Gasteiger charge is -2.12. The van der Waals surface area contributed by atoms with Crippen molar-refractivity contribution in [2.24, 2.45) is 10.3 Å². The Balaban J connectivity index is 3.74. The molecule has 8 nitrogen and oxygen atoms in total. The van der Waals surface area contributed by atoms with Crippen LogP contribution in [0.3, 0.4) is 0 Å². The van der Waals surface area contributed by atoms with E-state index in [1.54, 1.807) is 0 Å². The van der Waals surface area contributed by atoms with Gasteiger partial charge in [0.25, 0.3) is 0 Å². The van der Waals surface area contributed by atoms with E-state index in [2.05, 4.69) is 0 Å². The highest BCUT2D eigenvalue weighted by atomic mass is 32.2. The summed E-state index contributed by atoms with van der Waals surface area (Å²) in [7, 11) is -5.82. The van der Waals surface area contributed by atoms with Crippen molar-refractivity contribution in [2.45, 2.75) is 9.79 Å². The van der Waals surface area contributed by atoms with Crippen LogP contribution in [0.1, 0.15) is 0 Å². The number of hydrogen-bond acceptors (Lipinski definition) is 6. The maximum absolute atomic E-state index is 11.3. The predicted octanol–water partition coefficient (Wildman–Crippen LogP) is -1.00. The second-order valence-electron chi connectivity index (χ2n) is 3.24. The van der Waals surface area contributed by atoms with Crippen LogP contribution in [-0.4, -0.2) is 31.1 Å². The average Bonchev–Trinajstić information content (AvgIpc) is 2.24. The molecule has 0 bridgehead atoms. The molecular formula is C8H12N2O6S2. The average molecular weight is 296 g/mol. The summed E-state index contributed by atoms with van der Waals surface area (Å²) in [6.07, 6.45) is 0. The number of hydrogen-bond donors (Lipinski definition) is 2. The molecule has 0 radical (unpaired) electrons. The van der Waals surface area contributed by atoms with Crippen molar-refractivity contribution in [3.63, 3.8) is 0 Å². The lowest BCUT2D eigenvalue weighted by molar-refractivity contribution is 0.383. The molecule has 0 fully saturated rings. The van der Waals surface area contributed by atoms with Gasteiger partial charge in [0.05, 0.1) is 14.2 Å². The van der Waals surface area contributed by atoms with Gasteiger partial charge in [-0.25, -0.2) is 27.1 Å². The first-order valence-corrected chi connectivity index (χ1v) is 7.52. The van der Waals surface area contributed by atoms with E-state index in [4.69, 9.17) is 19.8 Å². The fourth-order valence-corrected chi connectivity index (χ4v) is 2.67. The van der Waals surface area contributed by atoms with Crippen molar-refractivity contribution in [3.8, 4) is 11.5 Å². The molecule has 1 rings (SSSR count). The molecule has 0 aliphatic rings. The van der Waals surface area contributed by atoms with E-state index in [1.165, 1.54) is 14.2 Å². The zero-order chi connectivity index (χ0) is 14.1. The molecule has 1 aromatic carbocycles. The van der Waals surface area contributed by atoms with Crippen LogP contribution in [0.15, 0.2) is 21.9 Å². The summed E-state index contributed by atoms with van der Waals surface area (Å²) < 4.78 is 54.8. The summed E-state index contributed by atoms with van der Waals surface area (Å²) >= 11 is 0. The number of primary sulfonamides is 2. The fourth-order valence-electron chi connectivity index (χ4n) is 1.29. The molecule has 0 aromatic heterocycles. The van der Waals surface area contributed by atoms with Gasteiger partial charge in [0.15, 0.2) is 0 Å². The summed E-state index contributed by atoms with van der Waals surface area (Å²) in [6.45, 7) is 0. The Morgan fingerprint density at radius 3 is 1.28 bits per heavy atom. The Kier molecular flexibility index (Phi) is 3.86. The molecule has 102 valence electrons. The minimum atomic E-state index is -4.08. The zero-order valence-electron chi connectivity index (χ0n) is 9.58. The molecule has 10 heteroatoms. The number of ether oxygens (including phenoxy) is 2. The van der Waals surface area contributed by atoms with Gasteiger partial charge in [-0.2, -0.15) is 0 Å². The van der Waals surface area contributed by atoms with Crippen LogP contribution in [0.5, 0.6) is 11.5 Å². The Labute approximate surface area is 105 Å². The molecule has 0 saturated carbocycles. The van der Waals surface area contributed by atoms with Gasteiger partial charge in [-0.15, -0.1) is 0 Å². The molecule has 1 aromatic rings. The number of rotatable bonds is 4. The molecule has 18 heavy (non-hydrogen) atoms. The van der Waals surface area contributed by atoms with Gasteiger partial charge in [0.1, 0.15) is 21.3 Å². The van der Waals surface area contributed by atoms with Crippen LogP contribution >= 0.6 is 0 Å². The highest BCUT2D eigenvalue weighted by Gasteiger charge is 2.23. The topological polar surface area (TPSA) is 139 Å². The third-order valence-corrected chi connectivity index (χ3v) is 3.93. The summed E-state index contributed by atoms with van der Waals surface area (Å²) in [6, 6.07) is 1.88. The van der Waals surface area contributed by atoms with Gasteiger partial charge in [-0.05, 0) is 0 Å². The smallest absolute Gasteiger partial charge is 0.241 e. The SMILES string of the molecule is COc1cc(S(N)(=O)=O)c(OC)cc1S(N)(=O)=O. The molecule has 0 heterocycles. The van der Waals surface area contributed by atoms with Crippen molar-refractivity contribution >= 4 is 20.0 Å². The van der Waals surface area contributed by atoms with Crippen molar-refractivity contribution in [1.29, 1.82) is 0 Å². The van der Waals surface area contributed by atoms with E-state index in [9.17, 15) is 16.8 Å². The Hall–Kier alpha value is -1.36. The second-order valence-corrected chi connectivity index (χ2v) is 6.30. The lowest BCUT2D eigenvalue weighted by Crippen LogP contribution is -2.17. The fraction of sp³-hybridized carbons (Fsp3) is 0.250. The molecular weight excluding hydrogens is 284 g/mol. The van der Waals surface area contributed by atoms with Gasteiger partial charge in [0, 0.05) is 12.1 Å². The normalized spacial score (nSPS) is 12.2. The van der Waals surface area contributed by atoms with Crippen LogP contribution in [0.4, 0.5) is 0 Å². The third kappa shape index (κ3) is 2.90. The first-order valence-electron chi connectivity index (χ1n) is 4.43. The summed E-state index contributed by atoms with van der Waals surface area (Å²) in [5.74, 6) is -0.468. The van der Waals surface area contributed by atoms with E-state index < -0.39 is 29.8 Å². The molecule has 0 spiro atoms. The van der Waals surface area contributed by atoms with Crippen molar-refractivity contribution in [1.82, 2.24) is 0 Å². The number of nitrogens with two attached hydrogens (primary N) is 2. The van der Waals surface area contributed by atoms with E-state index in [1.807, 2.05) is 0 Å². The predicted molar refractivity (Wildman–Crippen MR) is 62.3 cm³/mol. The van der Waals surface area contributed by atoms with Crippen molar-refractivity contribution < 1.29 is 26.3 Å². The number of sulfonamides is 2. The minimum Gasteiger partial charge on any atom is -0.495 e. The first-order chi connectivity index (χ1) is 8.11. The van der Waals surface area contributed by atoms with Gasteiger partial charge in [-0.3, -0.25) is 0 Å². The van der Waals surface area contributed by atoms with E-state index >= 15 is 0 Å². The van der Waals surface area contributed by atoms with Crippen molar-refractivity contribution in [2.75, 3.05) is 14.2 Å². The van der Waals surface area contributed by atoms with Crippen molar-refractivity contribution in [3.05, 3.63) is 12.1 Å². The monoisotopic (exact) mass is 296 g/mol. The Bertz CT molecular complexity index is 605. The van der Waals surface area contributed by atoms with Gasteiger partial charge in [-0.1, -0.05) is 0 Å². The van der Waals surface area contributed by atoms with Crippen LogP contribution < -0.4 is 19.8 Å². The van der Waals surface area contributed by atoms with Gasteiger partial charge < -0.3 is 9.47 Å².